The molecular formula is C11H11ClN4O2. The summed E-state index contributed by atoms with van der Waals surface area (Å²) >= 11 is 5.82. The lowest BCUT2D eigenvalue weighted by molar-refractivity contribution is 0.102. The topological polar surface area (TPSA) is 79.9 Å². The highest BCUT2D eigenvalue weighted by Crippen LogP contribution is 2.23. The van der Waals surface area contributed by atoms with Crippen LogP contribution in [0.25, 0.3) is 0 Å². The van der Waals surface area contributed by atoms with Crippen LogP contribution in [0.2, 0.25) is 5.02 Å². The molecule has 0 atom stereocenters. The summed E-state index contributed by atoms with van der Waals surface area (Å²) in [4.78, 5) is 16.0. The van der Waals surface area contributed by atoms with Gasteiger partial charge in [-0.25, -0.2) is 0 Å². The molecule has 0 saturated heterocycles. The molecule has 0 unspecified atom stereocenters. The molecule has 1 aromatic carbocycles. The number of ether oxygens (including phenoxy) is 1. The standard InChI is InChI=1S/C11H11ClN4O2/c1-6-13-11(16-15-6)14-10(17)8-4-3-7(12)5-9(8)18-2/h3-5H,1-2H3,(H2,13,14,15,16,17). The van der Waals surface area contributed by atoms with E-state index >= 15 is 0 Å². The third-order valence-electron chi connectivity index (χ3n) is 2.23. The van der Waals surface area contributed by atoms with E-state index in [1.807, 2.05) is 0 Å². The minimum absolute atomic E-state index is 0.217. The zero-order valence-corrected chi connectivity index (χ0v) is 10.6. The molecule has 1 amide bonds. The summed E-state index contributed by atoms with van der Waals surface area (Å²) in [6, 6.07) is 4.76. The van der Waals surface area contributed by atoms with Gasteiger partial charge in [-0.1, -0.05) is 11.6 Å². The summed E-state index contributed by atoms with van der Waals surface area (Å²) in [7, 11) is 1.47. The molecule has 2 aromatic rings. The summed E-state index contributed by atoms with van der Waals surface area (Å²) in [5, 5.41) is 9.51. The predicted molar refractivity (Wildman–Crippen MR) is 67.1 cm³/mol. The van der Waals surface area contributed by atoms with Crippen LogP contribution in [0, 0.1) is 6.92 Å². The zero-order valence-electron chi connectivity index (χ0n) is 9.82. The number of H-pyrrole nitrogens is 1. The van der Waals surface area contributed by atoms with Crippen LogP contribution in [0.4, 0.5) is 5.95 Å². The summed E-state index contributed by atoms with van der Waals surface area (Å²) in [5.74, 6) is 0.873. The first-order valence-corrected chi connectivity index (χ1v) is 5.52. The Morgan fingerprint density at radius 3 is 2.89 bits per heavy atom. The average molecular weight is 267 g/mol. The highest BCUT2D eigenvalue weighted by atomic mass is 35.5. The largest absolute Gasteiger partial charge is 0.496 e. The van der Waals surface area contributed by atoms with Gasteiger partial charge in [0.2, 0.25) is 5.95 Å². The molecule has 0 saturated carbocycles. The number of benzene rings is 1. The summed E-state index contributed by atoms with van der Waals surface area (Å²) in [6.45, 7) is 1.74. The summed E-state index contributed by atoms with van der Waals surface area (Å²) < 4.78 is 5.10. The van der Waals surface area contributed by atoms with Crippen LogP contribution in [0.15, 0.2) is 18.2 Å². The van der Waals surface area contributed by atoms with Crippen LogP contribution in [-0.2, 0) is 0 Å². The van der Waals surface area contributed by atoms with Gasteiger partial charge in [0.1, 0.15) is 11.6 Å². The summed E-state index contributed by atoms with van der Waals surface area (Å²) in [6.07, 6.45) is 0. The highest BCUT2D eigenvalue weighted by Gasteiger charge is 2.14. The second kappa shape index (κ2) is 5.05. The molecule has 0 radical (unpaired) electrons. The van der Waals surface area contributed by atoms with Crippen LogP contribution >= 0.6 is 11.6 Å². The molecule has 0 aliphatic heterocycles. The number of hydrogen-bond donors (Lipinski definition) is 2. The number of carbonyl (C=O) groups excluding carboxylic acids is 1. The number of aromatic amines is 1. The van der Waals surface area contributed by atoms with Crippen molar-refractivity contribution in [3.05, 3.63) is 34.6 Å². The average Bonchev–Trinajstić information content (AvgIpc) is 2.74. The SMILES string of the molecule is COc1cc(Cl)ccc1C(=O)Nc1n[nH]c(C)n1. The van der Waals surface area contributed by atoms with Gasteiger partial charge in [-0.05, 0) is 25.1 Å². The van der Waals surface area contributed by atoms with Gasteiger partial charge in [-0.15, -0.1) is 5.10 Å². The number of amides is 1. The lowest BCUT2D eigenvalue weighted by Gasteiger charge is -2.07. The maximum Gasteiger partial charge on any atom is 0.261 e. The number of halogens is 1. The monoisotopic (exact) mass is 266 g/mol. The zero-order chi connectivity index (χ0) is 13.1. The fourth-order valence-corrected chi connectivity index (χ4v) is 1.58. The van der Waals surface area contributed by atoms with Gasteiger partial charge in [0.15, 0.2) is 0 Å². The number of nitrogens with one attached hydrogen (secondary N) is 2. The molecular weight excluding hydrogens is 256 g/mol. The van der Waals surface area contributed by atoms with E-state index in [0.717, 1.165) is 0 Å². The van der Waals surface area contributed by atoms with Crippen molar-refractivity contribution in [3.8, 4) is 5.75 Å². The van der Waals surface area contributed by atoms with E-state index in [2.05, 4.69) is 20.5 Å². The number of nitrogens with zero attached hydrogens (tertiary/aromatic N) is 2. The molecule has 0 spiro atoms. The number of carbonyl (C=O) groups is 1. The molecule has 18 heavy (non-hydrogen) atoms. The second-order valence-electron chi connectivity index (χ2n) is 3.54. The Balaban J connectivity index is 2.23. The minimum Gasteiger partial charge on any atom is -0.496 e. The quantitative estimate of drug-likeness (QED) is 0.891. The molecule has 1 aromatic heterocycles. The Morgan fingerprint density at radius 1 is 1.50 bits per heavy atom. The first-order chi connectivity index (χ1) is 8.60. The van der Waals surface area contributed by atoms with Crippen molar-refractivity contribution < 1.29 is 9.53 Å². The fourth-order valence-electron chi connectivity index (χ4n) is 1.42. The van der Waals surface area contributed by atoms with E-state index in [-0.39, 0.29) is 11.9 Å². The van der Waals surface area contributed by atoms with Crippen molar-refractivity contribution in [1.29, 1.82) is 0 Å². The van der Waals surface area contributed by atoms with E-state index in [1.165, 1.54) is 7.11 Å². The molecule has 1 heterocycles. The van der Waals surface area contributed by atoms with Crippen LogP contribution in [-0.4, -0.2) is 28.2 Å². The van der Waals surface area contributed by atoms with Crippen molar-refractivity contribution in [1.82, 2.24) is 15.2 Å². The number of hydrogen-bond acceptors (Lipinski definition) is 4. The van der Waals surface area contributed by atoms with E-state index in [9.17, 15) is 4.79 Å². The normalized spacial score (nSPS) is 10.2. The van der Waals surface area contributed by atoms with Crippen molar-refractivity contribution in [2.75, 3.05) is 12.4 Å². The summed E-state index contributed by atoms with van der Waals surface area (Å²) in [5.41, 5.74) is 0.365. The molecule has 0 aliphatic carbocycles. The van der Waals surface area contributed by atoms with E-state index < -0.39 is 0 Å². The third kappa shape index (κ3) is 2.60. The van der Waals surface area contributed by atoms with Crippen LogP contribution < -0.4 is 10.1 Å². The van der Waals surface area contributed by atoms with Gasteiger partial charge in [0.05, 0.1) is 12.7 Å². The van der Waals surface area contributed by atoms with Gasteiger partial charge < -0.3 is 4.74 Å². The first-order valence-electron chi connectivity index (χ1n) is 5.14. The molecule has 0 bridgehead atoms. The number of aryl methyl sites for hydroxylation is 1. The molecule has 94 valence electrons. The molecule has 2 rings (SSSR count). The predicted octanol–water partition coefficient (Wildman–Crippen LogP) is 2.03. The van der Waals surface area contributed by atoms with Crippen LogP contribution in [0.5, 0.6) is 5.75 Å². The number of aromatic nitrogens is 3. The Morgan fingerprint density at radius 2 is 2.28 bits per heavy atom. The third-order valence-corrected chi connectivity index (χ3v) is 2.47. The Kier molecular flexibility index (Phi) is 3.47. The maximum atomic E-state index is 12.0. The van der Waals surface area contributed by atoms with E-state index in [1.54, 1.807) is 25.1 Å². The molecule has 0 fully saturated rings. The second-order valence-corrected chi connectivity index (χ2v) is 3.98. The minimum atomic E-state index is -0.359. The first kappa shape index (κ1) is 12.4. The van der Waals surface area contributed by atoms with E-state index in [0.29, 0.717) is 22.2 Å². The van der Waals surface area contributed by atoms with Gasteiger partial charge in [-0.2, -0.15) is 4.98 Å². The lowest BCUT2D eigenvalue weighted by atomic mass is 10.2. The molecule has 2 N–H and O–H groups in total. The van der Waals surface area contributed by atoms with Gasteiger partial charge in [0.25, 0.3) is 5.91 Å². The number of methoxy groups -OCH3 is 1. The molecule has 6 nitrogen and oxygen atoms in total. The molecule has 0 aliphatic rings. The maximum absolute atomic E-state index is 12.0. The fraction of sp³-hybridized carbons (Fsp3) is 0.182. The molecule has 7 heteroatoms. The smallest absolute Gasteiger partial charge is 0.261 e. The van der Waals surface area contributed by atoms with Crippen LogP contribution in [0.3, 0.4) is 0 Å². The lowest BCUT2D eigenvalue weighted by Crippen LogP contribution is -2.14. The highest BCUT2D eigenvalue weighted by molar-refractivity contribution is 6.31. The van der Waals surface area contributed by atoms with Crippen molar-refractivity contribution in [2.24, 2.45) is 0 Å². The van der Waals surface area contributed by atoms with E-state index in [4.69, 9.17) is 16.3 Å². The number of rotatable bonds is 3. The Labute approximate surface area is 108 Å². The van der Waals surface area contributed by atoms with Crippen LogP contribution in [0.1, 0.15) is 16.2 Å². The van der Waals surface area contributed by atoms with Gasteiger partial charge in [0, 0.05) is 5.02 Å². The van der Waals surface area contributed by atoms with Gasteiger partial charge >= 0.3 is 0 Å². The number of anilines is 1. The van der Waals surface area contributed by atoms with Crippen molar-refractivity contribution >= 4 is 23.5 Å². The van der Waals surface area contributed by atoms with Crippen molar-refractivity contribution in [3.63, 3.8) is 0 Å². The Hall–Kier alpha value is -2.08. The van der Waals surface area contributed by atoms with Gasteiger partial charge in [-0.3, -0.25) is 15.2 Å². The Bertz CT molecular complexity index is 582. The van der Waals surface area contributed by atoms with Crippen molar-refractivity contribution in [2.45, 2.75) is 6.92 Å².